The van der Waals surface area contributed by atoms with Crippen molar-refractivity contribution in [3.05, 3.63) is 23.8 Å². The molecule has 0 saturated carbocycles. The van der Waals surface area contributed by atoms with Crippen LogP contribution in [0, 0.1) is 12.8 Å². The molecule has 0 spiro atoms. The highest BCUT2D eigenvalue weighted by Gasteiger charge is 2.15. The van der Waals surface area contributed by atoms with E-state index in [0.29, 0.717) is 18.8 Å². The van der Waals surface area contributed by atoms with Crippen molar-refractivity contribution >= 4 is 35.6 Å². The molecule has 140 valence electrons. The first-order chi connectivity index (χ1) is 11.6. The lowest BCUT2D eigenvalue weighted by molar-refractivity contribution is -0.117. The van der Waals surface area contributed by atoms with Crippen LogP contribution in [0.25, 0.3) is 0 Å². The van der Waals surface area contributed by atoms with Gasteiger partial charge in [0.05, 0.1) is 0 Å². The SMILES string of the molecule is CCCC(=O)Nc1cccc(NC(=O)CCC2CCNCC2)c1C.Cl. The minimum atomic E-state index is 0. The molecule has 1 heterocycles. The first-order valence-electron chi connectivity index (χ1n) is 9.00. The van der Waals surface area contributed by atoms with Gasteiger partial charge in [-0.15, -0.1) is 12.4 Å². The van der Waals surface area contributed by atoms with Crippen molar-refractivity contribution in [2.75, 3.05) is 23.7 Å². The molecule has 1 saturated heterocycles. The highest BCUT2D eigenvalue weighted by Crippen LogP contribution is 2.24. The fourth-order valence-corrected chi connectivity index (χ4v) is 3.06. The van der Waals surface area contributed by atoms with E-state index < -0.39 is 0 Å². The Labute approximate surface area is 156 Å². The highest BCUT2D eigenvalue weighted by atomic mass is 35.5. The van der Waals surface area contributed by atoms with E-state index in [1.807, 2.05) is 32.0 Å². The van der Waals surface area contributed by atoms with Gasteiger partial charge >= 0.3 is 0 Å². The Morgan fingerprint density at radius 3 is 2.20 bits per heavy atom. The molecule has 1 aliphatic heterocycles. The first-order valence-corrected chi connectivity index (χ1v) is 9.00. The summed E-state index contributed by atoms with van der Waals surface area (Å²) >= 11 is 0. The van der Waals surface area contributed by atoms with E-state index in [-0.39, 0.29) is 24.2 Å². The molecule has 0 radical (unpaired) electrons. The lowest BCUT2D eigenvalue weighted by atomic mass is 9.93. The number of carbonyl (C=O) groups is 2. The Balaban J connectivity index is 0.00000312. The van der Waals surface area contributed by atoms with Crippen LogP contribution in [0.1, 0.15) is 51.0 Å². The summed E-state index contributed by atoms with van der Waals surface area (Å²) in [4.78, 5) is 24.0. The number of amides is 2. The summed E-state index contributed by atoms with van der Waals surface area (Å²) in [5.74, 6) is 0.710. The summed E-state index contributed by atoms with van der Waals surface area (Å²) < 4.78 is 0. The Hall–Kier alpha value is -1.59. The second-order valence-electron chi connectivity index (χ2n) is 6.56. The molecule has 2 rings (SSSR count). The van der Waals surface area contributed by atoms with E-state index in [4.69, 9.17) is 0 Å². The molecule has 2 amide bonds. The van der Waals surface area contributed by atoms with Crippen LogP contribution in [0.5, 0.6) is 0 Å². The van der Waals surface area contributed by atoms with Crippen LogP contribution in [0.15, 0.2) is 18.2 Å². The van der Waals surface area contributed by atoms with E-state index in [2.05, 4.69) is 16.0 Å². The van der Waals surface area contributed by atoms with Gasteiger partial charge in [0.2, 0.25) is 11.8 Å². The molecule has 0 aromatic heterocycles. The monoisotopic (exact) mass is 367 g/mol. The van der Waals surface area contributed by atoms with Gasteiger partial charge in [-0.25, -0.2) is 0 Å². The van der Waals surface area contributed by atoms with Crippen LogP contribution < -0.4 is 16.0 Å². The molecule has 3 N–H and O–H groups in total. The zero-order valence-corrected chi connectivity index (χ0v) is 16.0. The minimum Gasteiger partial charge on any atom is -0.326 e. The number of rotatable bonds is 7. The maximum absolute atomic E-state index is 12.2. The molecular formula is C19H30ClN3O2. The maximum Gasteiger partial charge on any atom is 0.224 e. The fourth-order valence-electron chi connectivity index (χ4n) is 3.06. The van der Waals surface area contributed by atoms with Crippen LogP contribution >= 0.6 is 12.4 Å². The fraction of sp³-hybridized carbons (Fsp3) is 0.579. The largest absolute Gasteiger partial charge is 0.326 e. The second-order valence-corrected chi connectivity index (χ2v) is 6.56. The molecule has 5 nitrogen and oxygen atoms in total. The number of nitrogens with one attached hydrogen (secondary N) is 3. The minimum absolute atomic E-state index is 0. The first kappa shape index (κ1) is 21.5. The topological polar surface area (TPSA) is 70.2 Å². The molecule has 0 bridgehead atoms. The summed E-state index contributed by atoms with van der Waals surface area (Å²) in [7, 11) is 0. The summed E-state index contributed by atoms with van der Waals surface area (Å²) in [5, 5.41) is 9.25. The highest BCUT2D eigenvalue weighted by molar-refractivity contribution is 5.95. The van der Waals surface area contributed by atoms with Gasteiger partial charge in [-0.3, -0.25) is 9.59 Å². The number of carbonyl (C=O) groups excluding carboxylic acids is 2. The quantitative estimate of drug-likeness (QED) is 0.685. The van der Waals surface area contributed by atoms with Crippen LogP contribution in [-0.4, -0.2) is 24.9 Å². The molecular weight excluding hydrogens is 338 g/mol. The van der Waals surface area contributed by atoms with Gasteiger partial charge in [-0.2, -0.15) is 0 Å². The molecule has 0 unspecified atom stereocenters. The Bertz CT molecular complexity index is 572. The third-order valence-electron chi connectivity index (χ3n) is 4.60. The van der Waals surface area contributed by atoms with Gasteiger partial charge in [-0.05, 0) is 69.3 Å². The van der Waals surface area contributed by atoms with Crippen molar-refractivity contribution in [1.29, 1.82) is 0 Å². The normalized spacial score (nSPS) is 14.5. The average molecular weight is 368 g/mol. The molecule has 0 atom stereocenters. The number of piperidine rings is 1. The maximum atomic E-state index is 12.2. The van der Waals surface area contributed by atoms with E-state index in [0.717, 1.165) is 55.7 Å². The van der Waals surface area contributed by atoms with E-state index in [1.165, 1.54) is 0 Å². The number of hydrogen-bond donors (Lipinski definition) is 3. The van der Waals surface area contributed by atoms with Gasteiger partial charge in [-0.1, -0.05) is 13.0 Å². The smallest absolute Gasteiger partial charge is 0.224 e. The third kappa shape index (κ3) is 7.04. The summed E-state index contributed by atoms with van der Waals surface area (Å²) in [5.41, 5.74) is 2.45. The molecule has 25 heavy (non-hydrogen) atoms. The van der Waals surface area contributed by atoms with E-state index in [9.17, 15) is 9.59 Å². The van der Waals surface area contributed by atoms with Gasteiger partial charge in [0.25, 0.3) is 0 Å². The lowest BCUT2D eigenvalue weighted by Gasteiger charge is -2.22. The Morgan fingerprint density at radius 1 is 1.08 bits per heavy atom. The second kappa shape index (κ2) is 11.1. The van der Waals surface area contributed by atoms with Crippen molar-refractivity contribution in [2.24, 2.45) is 5.92 Å². The van der Waals surface area contributed by atoms with Crippen molar-refractivity contribution in [2.45, 2.75) is 52.4 Å². The van der Waals surface area contributed by atoms with Crippen LogP contribution in [0.4, 0.5) is 11.4 Å². The number of benzene rings is 1. The summed E-state index contributed by atoms with van der Waals surface area (Å²) in [6, 6.07) is 5.61. The Kier molecular flexibility index (Phi) is 9.53. The summed E-state index contributed by atoms with van der Waals surface area (Å²) in [6.45, 7) is 6.02. The van der Waals surface area contributed by atoms with Gasteiger partial charge in [0.1, 0.15) is 0 Å². The van der Waals surface area contributed by atoms with Crippen molar-refractivity contribution < 1.29 is 9.59 Å². The predicted molar refractivity (Wildman–Crippen MR) is 105 cm³/mol. The third-order valence-corrected chi connectivity index (χ3v) is 4.60. The Morgan fingerprint density at radius 2 is 1.64 bits per heavy atom. The zero-order valence-electron chi connectivity index (χ0n) is 15.2. The number of anilines is 2. The predicted octanol–water partition coefficient (Wildman–Crippen LogP) is 3.87. The van der Waals surface area contributed by atoms with Crippen molar-refractivity contribution in [3.63, 3.8) is 0 Å². The molecule has 1 aromatic rings. The lowest BCUT2D eigenvalue weighted by Crippen LogP contribution is -2.28. The van der Waals surface area contributed by atoms with Crippen LogP contribution in [0.2, 0.25) is 0 Å². The van der Waals surface area contributed by atoms with Gasteiger partial charge in [0.15, 0.2) is 0 Å². The summed E-state index contributed by atoms with van der Waals surface area (Å²) in [6.07, 6.45) is 5.14. The van der Waals surface area contributed by atoms with E-state index in [1.54, 1.807) is 0 Å². The van der Waals surface area contributed by atoms with Crippen LogP contribution in [0.3, 0.4) is 0 Å². The number of halogens is 1. The molecule has 6 heteroatoms. The standard InChI is InChI=1S/C19H29N3O2.ClH/c1-3-5-18(23)21-16-6-4-7-17(14(16)2)22-19(24)9-8-15-10-12-20-13-11-15;/h4,6-7,15,20H,3,5,8-13H2,1-2H3,(H,21,23)(H,22,24);1H. The zero-order chi connectivity index (χ0) is 17.4. The van der Waals surface area contributed by atoms with Gasteiger partial charge < -0.3 is 16.0 Å². The number of hydrogen-bond acceptors (Lipinski definition) is 3. The van der Waals surface area contributed by atoms with Crippen molar-refractivity contribution in [3.8, 4) is 0 Å². The molecule has 0 aliphatic carbocycles. The van der Waals surface area contributed by atoms with Gasteiger partial charge in [0, 0.05) is 24.2 Å². The van der Waals surface area contributed by atoms with E-state index >= 15 is 0 Å². The van der Waals surface area contributed by atoms with Crippen LogP contribution in [-0.2, 0) is 9.59 Å². The van der Waals surface area contributed by atoms with Crippen molar-refractivity contribution in [1.82, 2.24) is 5.32 Å². The molecule has 1 aliphatic rings. The average Bonchev–Trinajstić information content (AvgIpc) is 2.58. The molecule has 1 aromatic carbocycles. The molecule has 1 fully saturated rings.